The number of rotatable bonds is 4. The van der Waals surface area contributed by atoms with Crippen molar-refractivity contribution in [3.63, 3.8) is 0 Å². The van der Waals surface area contributed by atoms with Crippen molar-refractivity contribution in [1.29, 1.82) is 0 Å². The fourth-order valence-corrected chi connectivity index (χ4v) is 4.76. The minimum Gasteiger partial charge on any atom is -0.473 e. The number of aromatic nitrogens is 6. The first kappa shape index (κ1) is 17.5. The number of H-pyrrole nitrogens is 2. The van der Waals surface area contributed by atoms with Gasteiger partial charge in [0.05, 0.1) is 23.6 Å². The molecule has 30 heavy (non-hydrogen) atoms. The van der Waals surface area contributed by atoms with Gasteiger partial charge in [-0.05, 0) is 37.8 Å². The van der Waals surface area contributed by atoms with Gasteiger partial charge in [0.1, 0.15) is 11.9 Å². The maximum absolute atomic E-state index is 15.0. The van der Waals surface area contributed by atoms with E-state index in [9.17, 15) is 0 Å². The molecule has 2 aliphatic heterocycles. The number of ether oxygens (including phenoxy) is 1. The SMILES string of the molecule is Fc1cc(-c2ccc(OC3CC4CCC(C3)N4)nn2)c2[nH]ncc2c1-c1cn[nH]c1. The lowest BCUT2D eigenvalue weighted by atomic mass is 9.99. The largest absolute Gasteiger partial charge is 0.473 e. The van der Waals surface area contributed by atoms with Crippen LogP contribution in [0.5, 0.6) is 5.88 Å². The molecule has 2 aliphatic rings. The summed E-state index contributed by atoms with van der Waals surface area (Å²) < 4.78 is 21.1. The Bertz CT molecular complexity index is 1180. The molecule has 0 radical (unpaired) electrons. The summed E-state index contributed by atoms with van der Waals surface area (Å²) in [4.78, 5) is 0. The molecule has 2 saturated heterocycles. The molecule has 3 N–H and O–H groups in total. The van der Waals surface area contributed by atoms with Gasteiger partial charge >= 0.3 is 0 Å². The zero-order valence-electron chi connectivity index (χ0n) is 16.1. The van der Waals surface area contributed by atoms with Crippen molar-refractivity contribution >= 4 is 10.9 Å². The van der Waals surface area contributed by atoms with Gasteiger partial charge < -0.3 is 10.1 Å². The van der Waals surface area contributed by atoms with E-state index in [1.807, 2.05) is 6.07 Å². The first-order chi connectivity index (χ1) is 14.7. The number of nitrogens with zero attached hydrogens (tertiary/aromatic N) is 4. The van der Waals surface area contributed by atoms with Gasteiger partial charge in [-0.15, -0.1) is 10.2 Å². The number of fused-ring (bicyclic) bond motifs is 3. The van der Waals surface area contributed by atoms with Gasteiger partial charge in [0, 0.05) is 46.4 Å². The van der Waals surface area contributed by atoms with Crippen molar-refractivity contribution in [1.82, 2.24) is 35.9 Å². The quantitative estimate of drug-likeness (QED) is 0.482. The highest BCUT2D eigenvalue weighted by molar-refractivity contribution is 6.02. The van der Waals surface area contributed by atoms with E-state index in [4.69, 9.17) is 4.74 Å². The van der Waals surface area contributed by atoms with Gasteiger partial charge in [0.25, 0.3) is 0 Å². The maximum Gasteiger partial charge on any atom is 0.233 e. The van der Waals surface area contributed by atoms with Crippen LogP contribution in [0.25, 0.3) is 33.3 Å². The van der Waals surface area contributed by atoms with Crippen LogP contribution in [-0.2, 0) is 0 Å². The first-order valence-corrected chi connectivity index (χ1v) is 10.2. The van der Waals surface area contributed by atoms with Crippen LogP contribution < -0.4 is 10.1 Å². The highest BCUT2D eigenvalue weighted by atomic mass is 19.1. The fraction of sp³-hybridized carbons (Fsp3) is 0.333. The van der Waals surface area contributed by atoms with Crippen LogP contribution in [0.3, 0.4) is 0 Å². The molecule has 3 aromatic heterocycles. The average Bonchev–Trinajstić information content (AvgIpc) is 3.50. The Balaban J connectivity index is 1.31. The molecule has 1 aromatic carbocycles. The topological polar surface area (TPSA) is 104 Å². The van der Waals surface area contributed by atoms with E-state index in [1.54, 1.807) is 24.7 Å². The number of nitrogens with one attached hydrogen (secondary N) is 3. The molecule has 2 atom stereocenters. The summed E-state index contributed by atoms with van der Waals surface area (Å²) in [6, 6.07) is 6.16. The molecule has 0 amide bonds. The average molecular weight is 405 g/mol. The molecule has 9 heteroatoms. The van der Waals surface area contributed by atoms with E-state index in [2.05, 4.69) is 35.9 Å². The van der Waals surface area contributed by atoms with Crippen molar-refractivity contribution in [2.75, 3.05) is 0 Å². The molecule has 2 bridgehead atoms. The van der Waals surface area contributed by atoms with Crippen molar-refractivity contribution in [2.45, 2.75) is 43.9 Å². The molecular weight excluding hydrogens is 385 g/mol. The van der Waals surface area contributed by atoms with E-state index in [-0.39, 0.29) is 11.9 Å². The lowest BCUT2D eigenvalue weighted by Crippen LogP contribution is -2.42. The van der Waals surface area contributed by atoms with E-state index in [1.165, 1.54) is 18.9 Å². The van der Waals surface area contributed by atoms with Gasteiger partial charge in [0.15, 0.2) is 0 Å². The minimum absolute atomic E-state index is 0.162. The molecule has 2 unspecified atom stereocenters. The molecule has 0 aliphatic carbocycles. The van der Waals surface area contributed by atoms with Gasteiger partial charge in [0.2, 0.25) is 5.88 Å². The van der Waals surface area contributed by atoms with Gasteiger partial charge in [-0.2, -0.15) is 10.2 Å². The summed E-state index contributed by atoms with van der Waals surface area (Å²) >= 11 is 0. The second-order valence-corrected chi connectivity index (χ2v) is 8.03. The third-order valence-electron chi connectivity index (χ3n) is 6.11. The van der Waals surface area contributed by atoms with E-state index >= 15 is 4.39 Å². The summed E-state index contributed by atoms with van der Waals surface area (Å²) in [5.74, 6) is 0.133. The standard InChI is InChI=1S/C21H20FN7O/c22-17-7-15(21-16(10-25-29-21)20(17)11-8-23-24-9-11)18-3-4-19(28-27-18)30-14-5-12-1-2-13(6-14)26-12/h3-4,7-10,12-14,26H,1-2,5-6H2,(H,23,24)(H,25,29). The van der Waals surface area contributed by atoms with Crippen molar-refractivity contribution in [3.8, 4) is 28.3 Å². The third-order valence-corrected chi connectivity index (χ3v) is 6.11. The Hall–Kier alpha value is -3.33. The summed E-state index contributed by atoms with van der Waals surface area (Å²) in [6.07, 6.45) is 9.44. The monoisotopic (exact) mass is 405 g/mol. The Morgan fingerprint density at radius 3 is 2.63 bits per heavy atom. The number of hydrogen-bond acceptors (Lipinski definition) is 6. The number of halogens is 1. The minimum atomic E-state index is -0.368. The normalized spacial score (nSPS) is 23.2. The highest BCUT2D eigenvalue weighted by Crippen LogP contribution is 2.36. The van der Waals surface area contributed by atoms with Crippen molar-refractivity contribution in [2.24, 2.45) is 0 Å². The number of benzene rings is 1. The zero-order chi connectivity index (χ0) is 20.1. The Labute approximate surface area is 171 Å². The molecular formula is C21H20FN7O. The van der Waals surface area contributed by atoms with Crippen LogP contribution in [0.4, 0.5) is 4.39 Å². The van der Waals surface area contributed by atoms with Crippen LogP contribution in [0.2, 0.25) is 0 Å². The third kappa shape index (κ3) is 2.93. The molecule has 4 aromatic rings. The van der Waals surface area contributed by atoms with Crippen LogP contribution >= 0.6 is 0 Å². The molecule has 0 saturated carbocycles. The zero-order valence-corrected chi connectivity index (χ0v) is 16.1. The van der Waals surface area contributed by atoms with Crippen molar-refractivity contribution < 1.29 is 9.13 Å². The summed E-state index contributed by atoms with van der Waals surface area (Å²) in [7, 11) is 0. The van der Waals surface area contributed by atoms with Crippen molar-refractivity contribution in [3.05, 3.63) is 42.6 Å². The Kier molecular flexibility index (Phi) is 4.02. The van der Waals surface area contributed by atoms with Gasteiger partial charge in [-0.1, -0.05) is 0 Å². The Morgan fingerprint density at radius 1 is 1.03 bits per heavy atom. The second-order valence-electron chi connectivity index (χ2n) is 8.03. The number of hydrogen-bond donors (Lipinski definition) is 3. The summed E-state index contributed by atoms with van der Waals surface area (Å²) in [5, 5.41) is 26.5. The van der Waals surface area contributed by atoms with Crippen LogP contribution in [0, 0.1) is 5.82 Å². The predicted molar refractivity (Wildman–Crippen MR) is 108 cm³/mol. The smallest absolute Gasteiger partial charge is 0.233 e. The van der Waals surface area contributed by atoms with Gasteiger partial charge in [-0.25, -0.2) is 4.39 Å². The molecule has 5 heterocycles. The number of piperidine rings is 1. The molecule has 8 nitrogen and oxygen atoms in total. The Morgan fingerprint density at radius 2 is 1.90 bits per heavy atom. The second kappa shape index (κ2) is 6.88. The van der Waals surface area contributed by atoms with E-state index in [0.29, 0.717) is 51.3 Å². The van der Waals surface area contributed by atoms with E-state index < -0.39 is 0 Å². The molecule has 0 spiro atoms. The molecule has 2 fully saturated rings. The van der Waals surface area contributed by atoms with Gasteiger partial charge in [-0.3, -0.25) is 10.2 Å². The fourth-order valence-electron chi connectivity index (χ4n) is 4.76. The lowest BCUT2D eigenvalue weighted by molar-refractivity contribution is 0.130. The van der Waals surface area contributed by atoms with Crippen LogP contribution in [0.1, 0.15) is 25.7 Å². The number of aromatic amines is 2. The maximum atomic E-state index is 15.0. The van der Waals surface area contributed by atoms with Crippen LogP contribution in [-0.4, -0.2) is 48.8 Å². The predicted octanol–water partition coefficient (Wildman–Crippen LogP) is 3.21. The lowest BCUT2D eigenvalue weighted by Gasteiger charge is -2.28. The molecule has 6 rings (SSSR count). The van der Waals surface area contributed by atoms with E-state index in [0.717, 1.165) is 12.8 Å². The summed E-state index contributed by atoms with van der Waals surface area (Å²) in [5.41, 5.74) is 2.97. The first-order valence-electron chi connectivity index (χ1n) is 10.2. The highest BCUT2D eigenvalue weighted by Gasteiger charge is 2.34. The summed E-state index contributed by atoms with van der Waals surface area (Å²) in [6.45, 7) is 0. The molecule has 152 valence electrons. The van der Waals surface area contributed by atoms with Crippen LogP contribution in [0.15, 0.2) is 36.8 Å².